The molecule has 0 radical (unpaired) electrons. The van der Waals surface area contributed by atoms with Gasteiger partial charge in [0, 0.05) is 43.0 Å². The van der Waals surface area contributed by atoms with Crippen LogP contribution in [0, 0.1) is 5.92 Å². The highest BCUT2D eigenvalue weighted by molar-refractivity contribution is 5.95. The molecule has 1 aliphatic heterocycles. The number of methoxy groups -OCH3 is 1. The van der Waals surface area contributed by atoms with Crippen molar-refractivity contribution >= 4 is 17.4 Å². The number of ketones is 1. The molecular weight excluding hydrogens is 380 g/mol. The minimum absolute atomic E-state index is 0.00436. The van der Waals surface area contributed by atoms with E-state index in [9.17, 15) is 9.59 Å². The summed E-state index contributed by atoms with van der Waals surface area (Å²) in [4.78, 5) is 28.5. The van der Waals surface area contributed by atoms with Crippen molar-refractivity contribution in [3.8, 4) is 11.5 Å². The summed E-state index contributed by atoms with van der Waals surface area (Å²) in [7, 11) is 1.59. The van der Waals surface area contributed by atoms with Crippen LogP contribution < -0.4 is 14.4 Å². The zero-order chi connectivity index (χ0) is 21.7. The van der Waals surface area contributed by atoms with Crippen LogP contribution in [0.4, 0.5) is 5.69 Å². The summed E-state index contributed by atoms with van der Waals surface area (Å²) in [6.07, 6.45) is 0. The molecule has 1 aliphatic rings. The van der Waals surface area contributed by atoms with E-state index in [1.54, 1.807) is 32.2 Å². The van der Waals surface area contributed by atoms with Crippen molar-refractivity contribution in [3.05, 3.63) is 53.6 Å². The largest absolute Gasteiger partial charge is 0.493 e. The molecule has 6 nitrogen and oxygen atoms in total. The van der Waals surface area contributed by atoms with Crippen LogP contribution in [-0.2, 0) is 0 Å². The monoisotopic (exact) mass is 410 g/mol. The van der Waals surface area contributed by atoms with Crippen LogP contribution in [0.15, 0.2) is 42.5 Å². The molecule has 2 aromatic rings. The van der Waals surface area contributed by atoms with E-state index >= 15 is 0 Å². The Morgan fingerprint density at radius 2 is 1.57 bits per heavy atom. The first kappa shape index (κ1) is 21.7. The predicted octanol–water partition coefficient (Wildman–Crippen LogP) is 3.90. The van der Waals surface area contributed by atoms with Gasteiger partial charge in [-0.1, -0.05) is 13.8 Å². The van der Waals surface area contributed by atoms with Gasteiger partial charge in [0.25, 0.3) is 5.91 Å². The summed E-state index contributed by atoms with van der Waals surface area (Å²) in [5.74, 6) is 1.70. The van der Waals surface area contributed by atoms with E-state index in [-0.39, 0.29) is 11.7 Å². The van der Waals surface area contributed by atoms with E-state index in [0.29, 0.717) is 48.2 Å². The second kappa shape index (κ2) is 9.65. The van der Waals surface area contributed by atoms with Gasteiger partial charge in [-0.05, 0) is 55.3 Å². The lowest BCUT2D eigenvalue weighted by molar-refractivity contribution is 0.0746. The van der Waals surface area contributed by atoms with Gasteiger partial charge in [-0.2, -0.15) is 0 Å². The van der Waals surface area contributed by atoms with Gasteiger partial charge in [-0.25, -0.2) is 0 Å². The molecule has 0 unspecified atom stereocenters. The van der Waals surface area contributed by atoms with Gasteiger partial charge in [0.2, 0.25) is 0 Å². The second-order valence-electron chi connectivity index (χ2n) is 7.95. The highest BCUT2D eigenvalue weighted by Crippen LogP contribution is 2.29. The smallest absolute Gasteiger partial charge is 0.254 e. The summed E-state index contributed by atoms with van der Waals surface area (Å²) in [6, 6.07) is 13.0. The van der Waals surface area contributed by atoms with Gasteiger partial charge in [0.05, 0.1) is 13.7 Å². The average molecular weight is 411 g/mol. The minimum atomic E-state index is -0.00436. The molecular formula is C24H30N2O4. The van der Waals surface area contributed by atoms with Gasteiger partial charge < -0.3 is 19.3 Å². The van der Waals surface area contributed by atoms with Crippen LogP contribution in [0.2, 0.25) is 0 Å². The lowest BCUT2D eigenvalue weighted by atomic mass is 10.1. The molecule has 0 aliphatic carbocycles. The molecule has 0 saturated carbocycles. The number of hydrogen-bond donors (Lipinski definition) is 0. The summed E-state index contributed by atoms with van der Waals surface area (Å²) in [6.45, 7) is 9.11. The quantitative estimate of drug-likeness (QED) is 0.648. The number of hydrogen-bond acceptors (Lipinski definition) is 5. The van der Waals surface area contributed by atoms with Crippen LogP contribution in [0.3, 0.4) is 0 Å². The highest BCUT2D eigenvalue weighted by Gasteiger charge is 2.23. The van der Waals surface area contributed by atoms with Crippen LogP contribution in [0.1, 0.15) is 41.5 Å². The predicted molar refractivity (Wildman–Crippen MR) is 118 cm³/mol. The van der Waals surface area contributed by atoms with E-state index in [1.807, 2.05) is 29.2 Å². The third-order valence-electron chi connectivity index (χ3n) is 5.19. The number of ether oxygens (including phenoxy) is 2. The van der Waals surface area contributed by atoms with Crippen LogP contribution in [-0.4, -0.2) is 56.5 Å². The van der Waals surface area contributed by atoms with Gasteiger partial charge >= 0.3 is 0 Å². The Kier molecular flexibility index (Phi) is 6.98. The van der Waals surface area contributed by atoms with E-state index in [1.165, 1.54) is 0 Å². The molecule has 0 N–H and O–H groups in total. The normalized spacial score (nSPS) is 14.0. The molecule has 0 aromatic heterocycles. The minimum Gasteiger partial charge on any atom is -0.493 e. The fourth-order valence-electron chi connectivity index (χ4n) is 3.43. The maximum atomic E-state index is 13.0. The third-order valence-corrected chi connectivity index (χ3v) is 5.19. The Bertz CT molecular complexity index is 885. The van der Waals surface area contributed by atoms with Gasteiger partial charge in [0.15, 0.2) is 17.3 Å². The molecule has 1 saturated heterocycles. The molecule has 0 spiro atoms. The standard InChI is InChI=1S/C24H30N2O4/c1-17(2)16-30-22-10-7-20(15-23(22)29-4)24(28)26-13-11-25(12-14-26)21-8-5-19(6-9-21)18(3)27/h5-10,15,17H,11-14,16H2,1-4H3. The molecule has 6 heteroatoms. The Balaban J connectivity index is 1.62. The molecule has 1 amide bonds. The molecule has 1 fully saturated rings. The summed E-state index contributed by atoms with van der Waals surface area (Å²) >= 11 is 0. The number of piperazine rings is 1. The summed E-state index contributed by atoms with van der Waals surface area (Å²) in [5, 5.41) is 0. The molecule has 0 atom stereocenters. The van der Waals surface area contributed by atoms with Crippen molar-refractivity contribution in [1.82, 2.24) is 4.90 Å². The number of rotatable bonds is 7. The number of amides is 1. The topological polar surface area (TPSA) is 59.1 Å². The van der Waals surface area contributed by atoms with Crippen molar-refractivity contribution in [2.45, 2.75) is 20.8 Å². The van der Waals surface area contributed by atoms with Crippen molar-refractivity contribution in [3.63, 3.8) is 0 Å². The SMILES string of the molecule is COc1cc(C(=O)N2CCN(c3ccc(C(C)=O)cc3)CC2)ccc1OCC(C)C. The van der Waals surface area contributed by atoms with Crippen molar-refractivity contribution in [1.29, 1.82) is 0 Å². The number of benzene rings is 2. The van der Waals surface area contributed by atoms with Crippen molar-refractivity contribution < 1.29 is 19.1 Å². The lowest BCUT2D eigenvalue weighted by Gasteiger charge is -2.36. The fourth-order valence-corrected chi connectivity index (χ4v) is 3.43. The molecule has 0 bridgehead atoms. The highest BCUT2D eigenvalue weighted by atomic mass is 16.5. The molecule has 3 rings (SSSR count). The Morgan fingerprint density at radius 3 is 2.13 bits per heavy atom. The van der Waals surface area contributed by atoms with Gasteiger partial charge in [-0.15, -0.1) is 0 Å². The first-order valence-electron chi connectivity index (χ1n) is 10.3. The molecule has 160 valence electrons. The number of anilines is 1. The Hall–Kier alpha value is -3.02. The Morgan fingerprint density at radius 1 is 0.933 bits per heavy atom. The first-order valence-corrected chi connectivity index (χ1v) is 10.3. The van der Waals surface area contributed by atoms with Crippen molar-refractivity contribution in [2.75, 3.05) is 44.8 Å². The number of nitrogens with zero attached hydrogens (tertiary/aromatic N) is 2. The first-order chi connectivity index (χ1) is 14.4. The van der Waals surface area contributed by atoms with Gasteiger partial charge in [-0.3, -0.25) is 9.59 Å². The number of carbonyl (C=O) groups is 2. The maximum absolute atomic E-state index is 13.0. The van der Waals surface area contributed by atoms with Crippen LogP contribution in [0.5, 0.6) is 11.5 Å². The summed E-state index contributed by atoms with van der Waals surface area (Å²) in [5.41, 5.74) is 2.38. The molecule has 2 aromatic carbocycles. The fraction of sp³-hybridized carbons (Fsp3) is 0.417. The maximum Gasteiger partial charge on any atom is 0.254 e. The van der Waals surface area contributed by atoms with Crippen molar-refractivity contribution in [2.24, 2.45) is 5.92 Å². The van der Waals surface area contributed by atoms with E-state index in [4.69, 9.17) is 9.47 Å². The van der Waals surface area contributed by atoms with Crippen LogP contribution in [0.25, 0.3) is 0 Å². The lowest BCUT2D eigenvalue weighted by Crippen LogP contribution is -2.48. The summed E-state index contributed by atoms with van der Waals surface area (Å²) < 4.78 is 11.2. The molecule has 30 heavy (non-hydrogen) atoms. The van der Waals surface area contributed by atoms with E-state index in [0.717, 1.165) is 18.8 Å². The Labute approximate surface area is 178 Å². The van der Waals surface area contributed by atoms with E-state index in [2.05, 4.69) is 18.7 Å². The zero-order valence-electron chi connectivity index (χ0n) is 18.2. The zero-order valence-corrected chi connectivity index (χ0v) is 18.2. The van der Waals surface area contributed by atoms with Gasteiger partial charge in [0.1, 0.15) is 0 Å². The average Bonchev–Trinajstić information content (AvgIpc) is 2.77. The second-order valence-corrected chi connectivity index (χ2v) is 7.95. The molecule has 1 heterocycles. The number of carbonyl (C=O) groups excluding carboxylic acids is 2. The van der Waals surface area contributed by atoms with E-state index < -0.39 is 0 Å². The third kappa shape index (κ3) is 5.12. The van der Waals surface area contributed by atoms with Crippen LogP contribution >= 0.6 is 0 Å². The number of Topliss-reactive ketones (excluding diaryl/α,β-unsaturated/α-hetero) is 1.